The lowest BCUT2D eigenvalue weighted by Gasteiger charge is -2.15. The summed E-state index contributed by atoms with van der Waals surface area (Å²) >= 11 is 5.68. The molecule has 0 bridgehead atoms. The van der Waals surface area contributed by atoms with Crippen LogP contribution in [-0.2, 0) is 4.79 Å². The van der Waals surface area contributed by atoms with Crippen molar-refractivity contribution >= 4 is 23.2 Å². The number of alkyl halides is 1. The first kappa shape index (κ1) is 12.8. The lowest BCUT2D eigenvalue weighted by molar-refractivity contribution is -0.115. The fraction of sp³-hybridized carbons (Fsp3) is 0.417. The van der Waals surface area contributed by atoms with Gasteiger partial charge in [0, 0.05) is 0 Å². The second-order valence-corrected chi connectivity index (χ2v) is 4.42. The molecule has 4 heteroatoms. The highest BCUT2D eigenvalue weighted by atomic mass is 35.5. The Morgan fingerprint density at radius 3 is 2.50 bits per heavy atom. The molecule has 0 aliphatic rings. The zero-order valence-corrected chi connectivity index (χ0v) is 10.4. The van der Waals surface area contributed by atoms with E-state index in [-0.39, 0.29) is 12.0 Å². The summed E-state index contributed by atoms with van der Waals surface area (Å²) in [7, 11) is 0. The number of benzene rings is 1. The Kier molecular flexibility index (Phi) is 4.62. The van der Waals surface area contributed by atoms with Crippen molar-refractivity contribution < 1.29 is 9.53 Å². The molecule has 0 saturated heterocycles. The third kappa shape index (κ3) is 3.74. The van der Waals surface area contributed by atoms with Crippen LogP contribution >= 0.6 is 11.6 Å². The van der Waals surface area contributed by atoms with Crippen LogP contribution in [-0.4, -0.2) is 17.4 Å². The number of rotatable bonds is 4. The molecule has 0 heterocycles. The van der Waals surface area contributed by atoms with Crippen LogP contribution in [0.15, 0.2) is 24.3 Å². The van der Waals surface area contributed by atoms with Crippen LogP contribution in [0.2, 0.25) is 0 Å². The molecule has 1 aromatic carbocycles. The minimum absolute atomic E-state index is 0.0616. The van der Waals surface area contributed by atoms with E-state index in [9.17, 15) is 4.79 Å². The number of nitrogens with one attached hydrogen (secondary N) is 1. The van der Waals surface area contributed by atoms with Gasteiger partial charge in [-0.25, -0.2) is 0 Å². The summed E-state index contributed by atoms with van der Waals surface area (Å²) in [4.78, 5) is 11.5. The Bertz CT molecular complexity index is 364. The normalized spacial score (nSPS) is 12.3. The van der Waals surface area contributed by atoms with Gasteiger partial charge in [-0.05, 0) is 32.9 Å². The molecule has 1 unspecified atom stereocenters. The van der Waals surface area contributed by atoms with Crippen molar-refractivity contribution in [1.82, 2.24) is 0 Å². The van der Waals surface area contributed by atoms with E-state index in [1.54, 1.807) is 13.0 Å². The van der Waals surface area contributed by atoms with Gasteiger partial charge in [0.15, 0.2) is 0 Å². The van der Waals surface area contributed by atoms with Crippen LogP contribution in [0, 0.1) is 0 Å². The average Bonchev–Trinajstić information content (AvgIpc) is 2.20. The molecule has 1 atom stereocenters. The summed E-state index contributed by atoms with van der Waals surface area (Å²) in [5, 5.41) is 2.16. The van der Waals surface area contributed by atoms with Gasteiger partial charge < -0.3 is 10.1 Å². The van der Waals surface area contributed by atoms with E-state index < -0.39 is 5.38 Å². The summed E-state index contributed by atoms with van der Waals surface area (Å²) < 4.78 is 5.57. The lowest BCUT2D eigenvalue weighted by atomic mass is 10.2. The molecule has 3 nitrogen and oxygen atoms in total. The number of carbonyl (C=O) groups excluding carboxylic acids is 1. The van der Waals surface area contributed by atoms with Gasteiger partial charge in [0.2, 0.25) is 5.91 Å². The molecule has 16 heavy (non-hydrogen) atoms. The maximum atomic E-state index is 11.5. The minimum atomic E-state index is -0.563. The minimum Gasteiger partial charge on any atom is -0.489 e. The fourth-order valence-electron chi connectivity index (χ4n) is 1.16. The van der Waals surface area contributed by atoms with Gasteiger partial charge in [-0.15, -0.1) is 11.6 Å². The van der Waals surface area contributed by atoms with E-state index in [0.717, 1.165) is 0 Å². The largest absolute Gasteiger partial charge is 0.489 e. The first-order chi connectivity index (χ1) is 7.50. The average molecular weight is 242 g/mol. The number of ether oxygens (including phenoxy) is 1. The highest BCUT2D eigenvalue weighted by Crippen LogP contribution is 2.25. The quantitative estimate of drug-likeness (QED) is 0.823. The van der Waals surface area contributed by atoms with Gasteiger partial charge in [-0.3, -0.25) is 4.79 Å². The second kappa shape index (κ2) is 5.75. The summed E-state index contributed by atoms with van der Waals surface area (Å²) in [6.07, 6.45) is 0.0616. The Balaban J connectivity index is 2.82. The van der Waals surface area contributed by atoms with Gasteiger partial charge >= 0.3 is 0 Å². The summed E-state index contributed by atoms with van der Waals surface area (Å²) in [5.74, 6) is 0.421. The molecular weight excluding hydrogens is 226 g/mol. The molecule has 0 spiro atoms. The second-order valence-electron chi connectivity index (χ2n) is 3.77. The van der Waals surface area contributed by atoms with E-state index in [1.807, 2.05) is 32.0 Å². The zero-order valence-electron chi connectivity index (χ0n) is 9.66. The molecule has 0 aromatic heterocycles. The van der Waals surface area contributed by atoms with Crippen LogP contribution in [0.1, 0.15) is 20.8 Å². The van der Waals surface area contributed by atoms with Gasteiger partial charge in [-0.1, -0.05) is 12.1 Å². The van der Waals surface area contributed by atoms with Crippen molar-refractivity contribution in [2.45, 2.75) is 32.3 Å². The SMILES string of the molecule is CC(C)Oc1ccccc1NC(=O)C(C)Cl. The van der Waals surface area contributed by atoms with Crippen molar-refractivity contribution in [3.63, 3.8) is 0 Å². The number of para-hydroxylation sites is 2. The van der Waals surface area contributed by atoms with Crippen LogP contribution in [0.3, 0.4) is 0 Å². The molecule has 1 N–H and O–H groups in total. The Morgan fingerprint density at radius 2 is 1.94 bits per heavy atom. The predicted molar refractivity (Wildman–Crippen MR) is 66.2 cm³/mol. The Labute approximate surface area is 101 Å². The molecule has 88 valence electrons. The topological polar surface area (TPSA) is 38.3 Å². The summed E-state index contributed by atoms with van der Waals surface area (Å²) in [6, 6.07) is 7.29. The maximum absolute atomic E-state index is 11.5. The van der Waals surface area contributed by atoms with Gasteiger partial charge in [0.1, 0.15) is 11.1 Å². The highest BCUT2D eigenvalue weighted by molar-refractivity contribution is 6.32. The molecule has 0 fully saturated rings. The molecule has 1 rings (SSSR count). The molecular formula is C12H16ClNO2. The zero-order chi connectivity index (χ0) is 12.1. The number of hydrogen-bond acceptors (Lipinski definition) is 2. The number of halogens is 1. The van der Waals surface area contributed by atoms with E-state index in [1.165, 1.54) is 0 Å². The van der Waals surface area contributed by atoms with Crippen molar-refractivity contribution in [3.8, 4) is 5.75 Å². The van der Waals surface area contributed by atoms with Crippen molar-refractivity contribution in [2.75, 3.05) is 5.32 Å². The number of amides is 1. The molecule has 0 aliphatic heterocycles. The first-order valence-corrected chi connectivity index (χ1v) is 5.65. The monoisotopic (exact) mass is 241 g/mol. The molecule has 1 amide bonds. The van der Waals surface area contributed by atoms with Crippen LogP contribution in [0.4, 0.5) is 5.69 Å². The Hall–Kier alpha value is -1.22. The van der Waals surface area contributed by atoms with Crippen LogP contribution < -0.4 is 10.1 Å². The van der Waals surface area contributed by atoms with Crippen LogP contribution in [0.5, 0.6) is 5.75 Å². The third-order valence-corrected chi connectivity index (χ3v) is 2.07. The Morgan fingerprint density at radius 1 is 1.31 bits per heavy atom. The first-order valence-electron chi connectivity index (χ1n) is 5.21. The van der Waals surface area contributed by atoms with E-state index in [0.29, 0.717) is 11.4 Å². The standard InChI is InChI=1S/C12H16ClNO2/c1-8(2)16-11-7-5-4-6-10(11)14-12(15)9(3)13/h4-9H,1-3H3,(H,14,15). The van der Waals surface area contributed by atoms with Crippen molar-refractivity contribution in [2.24, 2.45) is 0 Å². The highest BCUT2D eigenvalue weighted by Gasteiger charge is 2.12. The van der Waals surface area contributed by atoms with Gasteiger partial charge in [-0.2, -0.15) is 0 Å². The number of anilines is 1. The molecule has 1 aromatic rings. The van der Waals surface area contributed by atoms with Crippen molar-refractivity contribution in [3.05, 3.63) is 24.3 Å². The maximum Gasteiger partial charge on any atom is 0.242 e. The predicted octanol–water partition coefficient (Wildman–Crippen LogP) is 3.04. The van der Waals surface area contributed by atoms with E-state index in [4.69, 9.17) is 16.3 Å². The van der Waals surface area contributed by atoms with Crippen molar-refractivity contribution in [1.29, 1.82) is 0 Å². The number of hydrogen-bond donors (Lipinski definition) is 1. The smallest absolute Gasteiger partial charge is 0.242 e. The van der Waals surface area contributed by atoms with E-state index in [2.05, 4.69) is 5.32 Å². The molecule has 0 saturated carbocycles. The number of carbonyl (C=O) groups is 1. The molecule has 0 radical (unpaired) electrons. The lowest BCUT2D eigenvalue weighted by Crippen LogP contribution is -2.21. The van der Waals surface area contributed by atoms with Gasteiger partial charge in [0.25, 0.3) is 0 Å². The third-order valence-electron chi connectivity index (χ3n) is 1.87. The summed E-state index contributed by atoms with van der Waals surface area (Å²) in [6.45, 7) is 5.49. The molecule has 0 aliphatic carbocycles. The van der Waals surface area contributed by atoms with Crippen LogP contribution in [0.25, 0.3) is 0 Å². The fourth-order valence-corrected chi connectivity index (χ4v) is 1.21. The van der Waals surface area contributed by atoms with E-state index >= 15 is 0 Å². The summed E-state index contributed by atoms with van der Waals surface area (Å²) in [5.41, 5.74) is 0.647. The van der Waals surface area contributed by atoms with Gasteiger partial charge in [0.05, 0.1) is 11.8 Å².